The van der Waals surface area contributed by atoms with Gasteiger partial charge in [0.1, 0.15) is 4.90 Å². The summed E-state index contributed by atoms with van der Waals surface area (Å²) in [7, 11) is -1.70. The molecule has 2 rings (SSSR count). The van der Waals surface area contributed by atoms with Gasteiger partial charge in [-0.1, -0.05) is 31.4 Å². The number of benzene rings is 1. The van der Waals surface area contributed by atoms with Crippen LogP contribution in [0.2, 0.25) is 0 Å². The fourth-order valence-corrected chi connectivity index (χ4v) is 4.41. The van der Waals surface area contributed by atoms with Crippen molar-refractivity contribution in [1.29, 1.82) is 0 Å². The lowest BCUT2D eigenvalue weighted by Gasteiger charge is -2.31. The van der Waals surface area contributed by atoms with E-state index in [1.165, 1.54) is 6.42 Å². The van der Waals surface area contributed by atoms with Crippen molar-refractivity contribution in [2.24, 2.45) is 0 Å². The third-order valence-corrected chi connectivity index (χ3v) is 5.97. The van der Waals surface area contributed by atoms with Gasteiger partial charge in [0.25, 0.3) is 0 Å². The summed E-state index contributed by atoms with van der Waals surface area (Å²) in [5, 5.41) is 3.13. The molecular weight excluding hydrogens is 272 g/mol. The lowest BCUT2D eigenvalue weighted by atomic mass is 9.96. The van der Waals surface area contributed by atoms with Gasteiger partial charge < -0.3 is 5.32 Å². The topological polar surface area (TPSA) is 49.4 Å². The first-order chi connectivity index (χ1) is 9.57. The average Bonchev–Trinajstić information content (AvgIpc) is 2.48. The highest BCUT2D eigenvalue weighted by Gasteiger charge is 2.30. The summed E-state index contributed by atoms with van der Waals surface area (Å²) < 4.78 is 27.2. The first-order valence-corrected chi connectivity index (χ1v) is 8.82. The molecule has 1 aromatic rings. The van der Waals surface area contributed by atoms with E-state index >= 15 is 0 Å². The zero-order valence-electron chi connectivity index (χ0n) is 12.3. The third-order valence-electron chi connectivity index (χ3n) is 4.00. The van der Waals surface area contributed by atoms with Crippen LogP contribution in [0.1, 0.15) is 39.0 Å². The van der Waals surface area contributed by atoms with Crippen LogP contribution in [0.5, 0.6) is 0 Å². The quantitative estimate of drug-likeness (QED) is 0.908. The van der Waals surface area contributed by atoms with Gasteiger partial charge in [-0.15, -0.1) is 0 Å². The van der Waals surface area contributed by atoms with Crippen molar-refractivity contribution in [3.05, 3.63) is 24.3 Å². The molecule has 1 aliphatic rings. The second-order valence-corrected chi connectivity index (χ2v) is 7.31. The minimum Gasteiger partial charge on any atom is -0.384 e. The van der Waals surface area contributed by atoms with Crippen LogP contribution in [-0.2, 0) is 10.0 Å². The summed E-state index contributed by atoms with van der Waals surface area (Å²) in [5.41, 5.74) is 0.692. The fraction of sp³-hybridized carbons (Fsp3) is 0.600. The van der Waals surface area contributed by atoms with E-state index < -0.39 is 10.0 Å². The second-order valence-electron chi connectivity index (χ2n) is 5.34. The first-order valence-electron chi connectivity index (χ1n) is 7.38. The highest BCUT2D eigenvalue weighted by atomic mass is 32.2. The Hall–Kier alpha value is -1.07. The summed E-state index contributed by atoms with van der Waals surface area (Å²) in [4.78, 5) is 0.384. The highest BCUT2D eigenvalue weighted by Crippen LogP contribution is 2.29. The zero-order valence-corrected chi connectivity index (χ0v) is 13.1. The Morgan fingerprint density at radius 3 is 2.50 bits per heavy atom. The molecule has 1 aromatic carbocycles. The van der Waals surface area contributed by atoms with Crippen LogP contribution in [0.4, 0.5) is 5.69 Å². The van der Waals surface area contributed by atoms with E-state index in [0.717, 1.165) is 25.7 Å². The van der Waals surface area contributed by atoms with E-state index in [9.17, 15) is 8.42 Å². The molecule has 0 heterocycles. The molecular formula is C15H24N2O2S. The molecule has 20 heavy (non-hydrogen) atoms. The van der Waals surface area contributed by atoms with Gasteiger partial charge in [-0.3, -0.25) is 0 Å². The van der Waals surface area contributed by atoms with Crippen molar-refractivity contribution in [3.8, 4) is 0 Å². The molecule has 4 nitrogen and oxygen atoms in total. The minimum atomic E-state index is -3.42. The Balaban J connectivity index is 2.29. The van der Waals surface area contributed by atoms with Crippen LogP contribution in [0.15, 0.2) is 29.2 Å². The van der Waals surface area contributed by atoms with E-state index in [0.29, 0.717) is 17.1 Å². The number of rotatable bonds is 5. The normalized spacial score (nSPS) is 17.4. The second kappa shape index (κ2) is 6.59. The lowest BCUT2D eigenvalue weighted by Crippen LogP contribution is -2.38. The molecule has 1 aliphatic carbocycles. The number of hydrogen-bond acceptors (Lipinski definition) is 3. The molecule has 1 N–H and O–H groups in total. The van der Waals surface area contributed by atoms with Crippen molar-refractivity contribution in [3.63, 3.8) is 0 Å². The molecule has 0 unspecified atom stereocenters. The lowest BCUT2D eigenvalue weighted by molar-refractivity contribution is 0.286. The van der Waals surface area contributed by atoms with Crippen molar-refractivity contribution >= 4 is 15.7 Å². The third kappa shape index (κ3) is 3.15. The smallest absolute Gasteiger partial charge is 0.245 e. The van der Waals surface area contributed by atoms with Gasteiger partial charge in [-0.25, -0.2) is 8.42 Å². The van der Waals surface area contributed by atoms with Crippen LogP contribution in [-0.4, -0.2) is 32.4 Å². The van der Waals surface area contributed by atoms with Crippen molar-refractivity contribution in [1.82, 2.24) is 4.31 Å². The fourth-order valence-electron chi connectivity index (χ4n) is 2.82. The molecule has 0 aromatic heterocycles. The predicted molar refractivity (Wildman–Crippen MR) is 82.4 cm³/mol. The summed E-state index contributed by atoms with van der Waals surface area (Å²) in [6, 6.07) is 7.29. The van der Waals surface area contributed by atoms with Gasteiger partial charge in [0.2, 0.25) is 10.0 Å². The van der Waals surface area contributed by atoms with Gasteiger partial charge >= 0.3 is 0 Å². The van der Waals surface area contributed by atoms with E-state index in [1.54, 1.807) is 23.5 Å². The number of anilines is 1. The Kier molecular flexibility index (Phi) is 5.05. The monoisotopic (exact) mass is 296 g/mol. The molecule has 1 fully saturated rings. The van der Waals surface area contributed by atoms with Gasteiger partial charge in [-0.05, 0) is 31.9 Å². The Labute approximate surface area is 122 Å². The number of nitrogens with one attached hydrogen (secondary N) is 1. The molecule has 0 saturated heterocycles. The summed E-state index contributed by atoms with van der Waals surface area (Å²) in [6.45, 7) is 2.67. The van der Waals surface area contributed by atoms with Crippen molar-refractivity contribution in [2.75, 3.05) is 18.9 Å². The van der Waals surface area contributed by atoms with Crippen LogP contribution < -0.4 is 5.32 Å². The van der Waals surface area contributed by atoms with Crippen molar-refractivity contribution in [2.45, 2.75) is 50.0 Å². The molecule has 0 aliphatic heterocycles. The minimum absolute atomic E-state index is 0.142. The summed E-state index contributed by atoms with van der Waals surface area (Å²) in [6.07, 6.45) is 5.41. The molecule has 0 spiro atoms. The van der Waals surface area contributed by atoms with E-state index in [-0.39, 0.29) is 6.04 Å². The molecule has 5 heteroatoms. The Morgan fingerprint density at radius 2 is 1.85 bits per heavy atom. The molecule has 0 radical (unpaired) electrons. The van der Waals surface area contributed by atoms with Crippen LogP contribution in [0, 0.1) is 0 Å². The van der Waals surface area contributed by atoms with Gasteiger partial charge in [0, 0.05) is 19.6 Å². The zero-order chi connectivity index (χ0) is 14.6. The van der Waals surface area contributed by atoms with Crippen LogP contribution in [0.3, 0.4) is 0 Å². The highest BCUT2D eigenvalue weighted by molar-refractivity contribution is 7.89. The average molecular weight is 296 g/mol. The maximum Gasteiger partial charge on any atom is 0.245 e. The molecule has 1 saturated carbocycles. The maximum absolute atomic E-state index is 12.8. The number of sulfonamides is 1. The number of para-hydroxylation sites is 1. The summed E-state index contributed by atoms with van der Waals surface area (Å²) >= 11 is 0. The van der Waals surface area contributed by atoms with E-state index in [4.69, 9.17) is 0 Å². The largest absolute Gasteiger partial charge is 0.384 e. The number of nitrogens with zero attached hydrogens (tertiary/aromatic N) is 1. The molecule has 0 bridgehead atoms. The van der Waals surface area contributed by atoms with Crippen LogP contribution in [0.25, 0.3) is 0 Å². The summed E-state index contributed by atoms with van der Waals surface area (Å²) in [5.74, 6) is 0. The van der Waals surface area contributed by atoms with E-state index in [1.807, 2.05) is 19.1 Å². The van der Waals surface area contributed by atoms with Crippen molar-refractivity contribution < 1.29 is 8.42 Å². The SMILES string of the molecule is CCNc1ccccc1S(=O)(=O)N(C)C1CCCCC1. The van der Waals surface area contributed by atoms with Gasteiger partial charge in [-0.2, -0.15) is 4.31 Å². The Morgan fingerprint density at radius 1 is 1.20 bits per heavy atom. The van der Waals surface area contributed by atoms with Gasteiger partial charge in [0.05, 0.1) is 5.69 Å². The standard InChI is InChI=1S/C15H24N2O2S/c1-3-16-14-11-7-8-12-15(14)20(18,19)17(2)13-9-5-4-6-10-13/h7-8,11-13,16H,3-6,9-10H2,1-2H3. The molecule has 112 valence electrons. The first kappa shape index (κ1) is 15.3. The van der Waals surface area contributed by atoms with Crippen LogP contribution >= 0.6 is 0 Å². The maximum atomic E-state index is 12.8. The predicted octanol–water partition coefficient (Wildman–Crippen LogP) is 3.07. The van der Waals surface area contributed by atoms with Gasteiger partial charge in [0.15, 0.2) is 0 Å². The van der Waals surface area contributed by atoms with E-state index in [2.05, 4.69) is 5.32 Å². The molecule has 0 amide bonds. The Bertz CT molecular complexity index is 537. The number of hydrogen-bond donors (Lipinski definition) is 1. The molecule has 0 atom stereocenters.